The number of aliphatic hydroxyl groups excluding tert-OH is 1. The Kier molecular flexibility index (Phi) is 6.95. The molecule has 0 saturated carbocycles. The summed E-state index contributed by atoms with van der Waals surface area (Å²) in [4.78, 5) is 27.5. The van der Waals surface area contributed by atoms with Crippen molar-refractivity contribution in [3.8, 4) is 5.75 Å². The quantitative estimate of drug-likeness (QED) is 0.747. The van der Waals surface area contributed by atoms with E-state index in [4.69, 9.17) is 4.74 Å². The smallest absolute Gasteiger partial charge is 0.227 e. The summed E-state index contributed by atoms with van der Waals surface area (Å²) in [5, 5.41) is 12.9. The molecule has 28 heavy (non-hydrogen) atoms. The fraction of sp³-hybridized carbons (Fsp3) is 0.333. The highest BCUT2D eigenvalue weighted by atomic mass is 32.2. The summed E-state index contributed by atoms with van der Waals surface area (Å²) in [6.07, 6.45) is -0.569. The van der Waals surface area contributed by atoms with Crippen molar-refractivity contribution in [2.45, 2.75) is 23.8 Å². The van der Waals surface area contributed by atoms with Crippen LogP contribution in [0.4, 0.5) is 5.69 Å². The van der Waals surface area contributed by atoms with Crippen LogP contribution < -0.4 is 15.0 Å². The Balaban J connectivity index is 1.46. The van der Waals surface area contributed by atoms with E-state index in [1.165, 1.54) is 0 Å². The zero-order valence-corrected chi connectivity index (χ0v) is 16.6. The molecule has 3 rings (SSSR count). The lowest BCUT2D eigenvalue weighted by molar-refractivity contribution is -0.125. The third-order valence-corrected chi connectivity index (χ3v) is 5.63. The molecule has 2 N–H and O–H groups in total. The van der Waals surface area contributed by atoms with Crippen LogP contribution >= 0.6 is 11.8 Å². The number of methoxy groups -OCH3 is 1. The first kappa shape index (κ1) is 20.2. The Morgan fingerprint density at radius 3 is 2.68 bits per heavy atom. The Morgan fingerprint density at radius 2 is 1.93 bits per heavy atom. The Bertz CT molecular complexity index is 825. The van der Waals surface area contributed by atoms with E-state index in [0.29, 0.717) is 17.9 Å². The number of nitrogens with zero attached hydrogens (tertiary/aromatic N) is 1. The summed E-state index contributed by atoms with van der Waals surface area (Å²) in [6.45, 7) is 0.751. The second kappa shape index (κ2) is 9.61. The lowest BCUT2D eigenvalue weighted by Crippen LogP contribution is -2.36. The lowest BCUT2D eigenvalue weighted by Gasteiger charge is -2.29. The van der Waals surface area contributed by atoms with Crippen molar-refractivity contribution in [1.29, 1.82) is 0 Å². The topological polar surface area (TPSA) is 78.9 Å². The van der Waals surface area contributed by atoms with Crippen LogP contribution in [0.5, 0.6) is 5.75 Å². The number of carbonyl (C=O) groups excluding carboxylic acids is 2. The molecule has 0 spiro atoms. The van der Waals surface area contributed by atoms with Crippen molar-refractivity contribution < 1.29 is 19.4 Å². The summed E-state index contributed by atoms with van der Waals surface area (Å²) in [6, 6.07) is 14.8. The van der Waals surface area contributed by atoms with Crippen LogP contribution in [0, 0.1) is 0 Å². The van der Waals surface area contributed by atoms with Crippen molar-refractivity contribution in [1.82, 2.24) is 5.32 Å². The SMILES string of the molecule is COc1ccc(C(O)CNC(=O)CCC(=O)N2CCSc3ccccc32)cc1. The lowest BCUT2D eigenvalue weighted by atomic mass is 10.1. The summed E-state index contributed by atoms with van der Waals surface area (Å²) >= 11 is 1.74. The molecule has 2 aromatic rings. The van der Waals surface area contributed by atoms with Gasteiger partial charge in [0.1, 0.15) is 5.75 Å². The normalized spacial score (nSPS) is 14.1. The summed E-state index contributed by atoms with van der Waals surface area (Å²) in [5.41, 5.74) is 1.61. The van der Waals surface area contributed by atoms with Crippen LogP contribution in [0.3, 0.4) is 0 Å². The zero-order chi connectivity index (χ0) is 19.9. The molecule has 6 nitrogen and oxygen atoms in total. The summed E-state index contributed by atoms with van der Waals surface area (Å²) in [5.74, 6) is 1.25. The molecule has 2 amide bonds. The van der Waals surface area contributed by atoms with Crippen LogP contribution in [-0.4, -0.2) is 42.9 Å². The van der Waals surface area contributed by atoms with Gasteiger partial charge in [0.05, 0.1) is 18.9 Å². The number of anilines is 1. The minimum atomic E-state index is -0.809. The molecule has 0 fully saturated rings. The number of hydrogen-bond acceptors (Lipinski definition) is 5. The number of ether oxygens (including phenoxy) is 1. The van der Waals surface area contributed by atoms with E-state index >= 15 is 0 Å². The van der Waals surface area contributed by atoms with E-state index in [1.54, 1.807) is 48.0 Å². The number of amides is 2. The average Bonchev–Trinajstić information content (AvgIpc) is 2.75. The van der Waals surface area contributed by atoms with Gasteiger partial charge in [-0.3, -0.25) is 9.59 Å². The highest BCUT2D eigenvalue weighted by Crippen LogP contribution is 2.34. The predicted molar refractivity (Wildman–Crippen MR) is 110 cm³/mol. The average molecular weight is 401 g/mol. The van der Waals surface area contributed by atoms with Gasteiger partial charge in [-0.25, -0.2) is 0 Å². The zero-order valence-electron chi connectivity index (χ0n) is 15.8. The van der Waals surface area contributed by atoms with Crippen LogP contribution in [0.25, 0.3) is 0 Å². The monoisotopic (exact) mass is 400 g/mol. The second-order valence-electron chi connectivity index (χ2n) is 6.45. The third kappa shape index (κ3) is 5.05. The van der Waals surface area contributed by atoms with Crippen LogP contribution in [-0.2, 0) is 9.59 Å². The molecule has 0 radical (unpaired) electrons. The number of nitrogens with one attached hydrogen (secondary N) is 1. The van der Waals surface area contributed by atoms with Gasteiger partial charge < -0.3 is 20.1 Å². The van der Waals surface area contributed by atoms with E-state index in [0.717, 1.165) is 16.3 Å². The number of carbonyl (C=O) groups is 2. The largest absolute Gasteiger partial charge is 0.497 e. The van der Waals surface area contributed by atoms with Gasteiger partial charge in [0.25, 0.3) is 0 Å². The molecule has 1 aliphatic rings. The first-order valence-electron chi connectivity index (χ1n) is 9.19. The molecule has 148 valence electrons. The number of aliphatic hydroxyl groups is 1. The first-order chi connectivity index (χ1) is 13.6. The Hall–Kier alpha value is -2.51. The fourth-order valence-corrected chi connectivity index (χ4v) is 4.02. The molecule has 0 bridgehead atoms. The maximum Gasteiger partial charge on any atom is 0.227 e. The Labute approximate surface area is 168 Å². The molecular formula is C21H24N2O4S. The van der Waals surface area contributed by atoms with E-state index in [2.05, 4.69) is 5.32 Å². The Morgan fingerprint density at radius 1 is 1.18 bits per heavy atom. The van der Waals surface area contributed by atoms with Gasteiger partial charge in [-0.2, -0.15) is 0 Å². The number of para-hydroxylation sites is 1. The molecule has 0 aromatic heterocycles. The van der Waals surface area contributed by atoms with Gasteiger partial charge >= 0.3 is 0 Å². The van der Waals surface area contributed by atoms with Crippen molar-refractivity contribution in [2.75, 3.05) is 30.9 Å². The molecule has 2 aromatic carbocycles. The van der Waals surface area contributed by atoms with Crippen molar-refractivity contribution in [3.05, 3.63) is 54.1 Å². The highest BCUT2D eigenvalue weighted by molar-refractivity contribution is 7.99. The predicted octanol–water partition coefficient (Wildman–Crippen LogP) is 2.76. The minimum Gasteiger partial charge on any atom is -0.497 e. The van der Waals surface area contributed by atoms with Gasteiger partial charge in [0, 0.05) is 36.6 Å². The molecule has 1 atom stereocenters. The number of fused-ring (bicyclic) bond motifs is 1. The number of thioether (sulfide) groups is 1. The van der Waals surface area contributed by atoms with E-state index < -0.39 is 6.10 Å². The van der Waals surface area contributed by atoms with Gasteiger partial charge in [0.15, 0.2) is 0 Å². The summed E-state index contributed by atoms with van der Waals surface area (Å²) < 4.78 is 5.08. The maximum atomic E-state index is 12.6. The fourth-order valence-electron chi connectivity index (χ4n) is 3.03. The number of benzene rings is 2. The van der Waals surface area contributed by atoms with E-state index in [9.17, 15) is 14.7 Å². The van der Waals surface area contributed by atoms with Crippen LogP contribution in [0.1, 0.15) is 24.5 Å². The van der Waals surface area contributed by atoms with Crippen molar-refractivity contribution in [3.63, 3.8) is 0 Å². The standard InChI is InChI=1S/C21H24N2O4S/c1-27-16-8-6-15(7-9-16)18(24)14-22-20(25)10-11-21(26)23-12-13-28-19-5-3-2-4-17(19)23/h2-9,18,24H,10-14H2,1H3,(H,22,25). The van der Waals surface area contributed by atoms with Crippen LogP contribution in [0.2, 0.25) is 0 Å². The summed E-state index contributed by atoms with van der Waals surface area (Å²) in [7, 11) is 1.58. The van der Waals surface area contributed by atoms with Gasteiger partial charge in [-0.1, -0.05) is 24.3 Å². The van der Waals surface area contributed by atoms with Crippen molar-refractivity contribution >= 4 is 29.3 Å². The number of rotatable bonds is 7. The van der Waals surface area contributed by atoms with Gasteiger partial charge in [-0.05, 0) is 29.8 Å². The first-order valence-corrected chi connectivity index (χ1v) is 10.2. The maximum absolute atomic E-state index is 12.6. The molecule has 0 aliphatic carbocycles. The third-order valence-electron chi connectivity index (χ3n) is 4.59. The number of hydrogen-bond donors (Lipinski definition) is 2. The minimum absolute atomic E-state index is 0.0568. The molecule has 1 unspecified atom stereocenters. The molecule has 7 heteroatoms. The molecule has 0 saturated heterocycles. The van der Waals surface area contributed by atoms with Gasteiger partial charge in [-0.15, -0.1) is 11.8 Å². The van der Waals surface area contributed by atoms with Crippen molar-refractivity contribution in [2.24, 2.45) is 0 Å². The second-order valence-corrected chi connectivity index (χ2v) is 7.59. The molecule has 1 heterocycles. The van der Waals surface area contributed by atoms with Gasteiger partial charge in [0.2, 0.25) is 11.8 Å². The molecule has 1 aliphatic heterocycles. The van der Waals surface area contributed by atoms with Crippen LogP contribution in [0.15, 0.2) is 53.4 Å². The highest BCUT2D eigenvalue weighted by Gasteiger charge is 2.23. The van der Waals surface area contributed by atoms with E-state index in [1.807, 2.05) is 24.3 Å². The molecular weight excluding hydrogens is 376 g/mol. The van der Waals surface area contributed by atoms with E-state index in [-0.39, 0.29) is 31.2 Å².